The van der Waals surface area contributed by atoms with Crippen molar-refractivity contribution in [2.75, 3.05) is 19.7 Å². The van der Waals surface area contributed by atoms with E-state index in [2.05, 4.69) is 48.3 Å². The van der Waals surface area contributed by atoms with Gasteiger partial charge in [0.2, 0.25) is 0 Å². The summed E-state index contributed by atoms with van der Waals surface area (Å²) in [6.45, 7) is 6.17. The Kier molecular flexibility index (Phi) is 12.0. The van der Waals surface area contributed by atoms with E-state index in [-0.39, 0.29) is 46.2 Å². The third kappa shape index (κ3) is 7.93. The lowest BCUT2D eigenvalue weighted by molar-refractivity contribution is -0.121. The molecule has 0 aliphatic carbocycles. The number of hydrogen-bond acceptors (Lipinski definition) is 6. The van der Waals surface area contributed by atoms with Crippen molar-refractivity contribution >= 4 is 29.0 Å². The number of rotatable bonds is 13. The van der Waals surface area contributed by atoms with Gasteiger partial charge in [0, 0.05) is 48.6 Å². The molecule has 2 aliphatic rings. The van der Waals surface area contributed by atoms with Crippen LogP contribution in [-0.2, 0) is 16.8 Å². The maximum atomic E-state index is 16.1. The Morgan fingerprint density at radius 3 is 2.55 bits per heavy atom. The van der Waals surface area contributed by atoms with Gasteiger partial charge in [0.25, 0.3) is 0 Å². The molecule has 5 rings (SSSR count). The topological polar surface area (TPSA) is 96.6 Å². The number of nitrogens with one attached hydrogen (secondary N) is 1. The number of carbonyl (C=O) groups is 1. The molecule has 0 spiro atoms. The summed E-state index contributed by atoms with van der Waals surface area (Å²) in [5, 5.41) is 33.8. The van der Waals surface area contributed by atoms with Gasteiger partial charge < -0.3 is 15.5 Å². The number of nitriles is 1. The van der Waals surface area contributed by atoms with Crippen LogP contribution < -0.4 is 5.32 Å². The van der Waals surface area contributed by atoms with Crippen molar-refractivity contribution in [1.82, 2.24) is 10.2 Å². The molecule has 49 heavy (non-hydrogen) atoms. The van der Waals surface area contributed by atoms with Crippen LogP contribution >= 0.6 is 23.2 Å². The van der Waals surface area contributed by atoms with Gasteiger partial charge in [-0.2, -0.15) is 5.26 Å². The van der Waals surface area contributed by atoms with Crippen molar-refractivity contribution in [2.24, 2.45) is 5.41 Å². The summed E-state index contributed by atoms with van der Waals surface area (Å²) in [6, 6.07) is 19.4. The van der Waals surface area contributed by atoms with Gasteiger partial charge in [-0.15, -0.1) is 0 Å². The van der Waals surface area contributed by atoms with Crippen LogP contribution in [-0.4, -0.2) is 58.8 Å². The van der Waals surface area contributed by atoms with E-state index in [9.17, 15) is 20.3 Å². The Hall–Kier alpha value is -3.16. The van der Waals surface area contributed by atoms with Crippen LogP contribution in [0.2, 0.25) is 10.0 Å². The predicted octanol–water partition coefficient (Wildman–Crippen LogP) is 7.50. The smallest absolute Gasteiger partial charge is 0.150 e. The monoisotopic (exact) mass is 709 g/mol. The second-order valence-corrected chi connectivity index (χ2v) is 14.7. The SMILES string of the molecule is CC(C)(C[C@@H]1N[C@@H](C(=O)CCC[C@H](O)CO)[C@H](c2cccc(Cl)c2F)[C@@]1(C#N)c1ccc(Cl)cc1F)C1=CCN(Cc2ccccc2)CC1. The molecule has 3 aromatic rings. The number of carbonyl (C=O) groups excluding carboxylic acids is 1. The standard InChI is InChI=1S/C39H43Cl2F2N3O3/c1-38(2,26-16-18-46(19-17-26)22-25-8-4-3-5-9-25)21-34-39(24-44,30-15-14-27(40)20-32(30)42)35(29-11-7-12-31(41)36(29)43)37(45-34)33(49)13-6-10-28(48)23-47/h3-5,7-9,11-12,14-16,20,28,34-35,37,45,47-48H,6,10,13,17-19,21-23H2,1-2H3/t28-,34-,35-,37-,39-/m0/s1. The zero-order valence-corrected chi connectivity index (χ0v) is 29.3. The molecule has 2 aliphatic heterocycles. The fourth-order valence-electron chi connectivity index (χ4n) is 7.71. The third-order valence-corrected chi connectivity index (χ3v) is 10.8. The molecule has 0 amide bonds. The van der Waals surface area contributed by atoms with Gasteiger partial charge in [0.15, 0.2) is 0 Å². The second-order valence-electron chi connectivity index (χ2n) is 13.9. The van der Waals surface area contributed by atoms with Crippen LogP contribution in [0.3, 0.4) is 0 Å². The zero-order valence-electron chi connectivity index (χ0n) is 27.8. The van der Waals surface area contributed by atoms with E-state index in [1.54, 1.807) is 6.07 Å². The molecule has 1 saturated heterocycles. The minimum absolute atomic E-state index is 0.00344. The first-order valence-corrected chi connectivity index (χ1v) is 17.5. The normalized spacial score (nSPS) is 23.6. The van der Waals surface area contributed by atoms with Gasteiger partial charge in [-0.3, -0.25) is 9.69 Å². The molecular weight excluding hydrogens is 667 g/mol. The van der Waals surface area contributed by atoms with Crippen molar-refractivity contribution in [1.29, 1.82) is 5.26 Å². The molecule has 260 valence electrons. The van der Waals surface area contributed by atoms with Crippen LogP contribution in [0.5, 0.6) is 0 Å². The Bertz CT molecular complexity index is 1710. The van der Waals surface area contributed by atoms with E-state index in [0.717, 1.165) is 32.1 Å². The number of ketones is 1. The average molecular weight is 711 g/mol. The number of hydrogen-bond donors (Lipinski definition) is 3. The fraction of sp³-hybridized carbons (Fsp3) is 0.436. The van der Waals surface area contributed by atoms with Crippen LogP contribution in [0.15, 0.2) is 78.4 Å². The summed E-state index contributed by atoms with van der Waals surface area (Å²) < 4.78 is 32.1. The molecule has 0 radical (unpaired) electrons. The molecular formula is C39H43Cl2F2N3O3. The van der Waals surface area contributed by atoms with Gasteiger partial charge in [-0.1, -0.05) is 97.2 Å². The van der Waals surface area contributed by atoms with Crippen LogP contribution in [0.1, 0.15) is 68.6 Å². The minimum Gasteiger partial charge on any atom is -0.394 e. The Morgan fingerprint density at radius 1 is 1.14 bits per heavy atom. The van der Waals surface area contributed by atoms with Crippen molar-refractivity contribution in [3.8, 4) is 6.07 Å². The summed E-state index contributed by atoms with van der Waals surface area (Å²) >= 11 is 12.5. The highest BCUT2D eigenvalue weighted by molar-refractivity contribution is 6.31. The van der Waals surface area contributed by atoms with E-state index in [0.29, 0.717) is 6.42 Å². The second kappa shape index (κ2) is 15.8. The molecule has 10 heteroatoms. The van der Waals surface area contributed by atoms with Crippen LogP contribution in [0, 0.1) is 28.4 Å². The Balaban J connectivity index is 1.56. The first-order valence-electron chi connectivity index (χ1n) is 16.8. The van der Waals surface area contributed by atoms with Crippen molar-refractivity contribution in [2.45, 2.75) is 82.0 Å². The first kappa shape index (κ1) is 37.1. The van der Waals surface area contributed by atoms with Gasteiger partial charge in [-0.05, 0) is 60.4 Å². The molecule has 1 fully saturated rings. The van der Waals surface area contributed by atoms with E-state index in [4.69, 9.17) is 23.2 Å². The average Bonchev–Trinajstić information content (AvgIpc) is 3.40. The van der Waals surface area contributed by atoms with Crippen LogP contribution in [0.25, 0.3) is 0 Å². The lowest BCUT2D eigenvalue weighted by Crippen LogP contribution is -2.46. The molecule has 3 aromatic carbocycles. The fourth-order valence-corrected chi connectivity index (χ4v) is 8.05. The molecule has 0 aromatic heterocycles. The summed E-state index contributed by atoms with van der Waals surface area (Å²) in [6.07, 6.45) is 2.83. The number of Topliss-reactive ketones (excluding diaryl/α,β-unsaturated/α-hetero) is 1. The van der Waals surface area contributed by atoms with Gasteiger partial charge in [-0.25, -0.2) is 8.78 Å². The number of aliphatic hydroxyl groups excluding tert-OH is 2. The number of halogens is 4. The first-order chi connectivity index (χ1) is 23.4. The van der Waals surface area contributed by atoms with Crippen LogP contribution in [0.4, 0.5) is 8.78 Å². The maximum absolute atomic E-state index is 16.1. The van der Waals surface area contributed by atoms with Gasteiger partial charge in [0.1, 0.15) is 22.8 Å². The molecule has 6 nitrogen and oxygen atoms in total. The molecule has 0 unspecified atom stereocenters. The van der Waals surface area contributed by atoms with Gasteiger partial charge >= 0.3 is 0 Å². The van der Waals surface area contributed by atoms with E-state index in [1.807, 2.05) is 18.2 Å². The summed E-state index contributed by atoms with van der Waals surface area (Å²) in [7, 11) is 0. The third-order valence-electron chi connectivity index (χ3n) is 10.3. The minimum atomic E-state index is -1.74. The number of benzene rings is 3. The highest BCUT2D eigenvalue weighted by Crippen LogP contribution is 2.54. The van der Waals surface area contributed by atoms with Crippen molar-refractivity contribution in [3.05, 3.63) is 117 Å². The Morgan fingerprint density at radius 2 is 1.90 bits per heavy atom. The molecule has 5 atom stereocenters. The van der Waals surface area contributed by atoms with Crippen molar-refractivity contribution in [3.63, 3.8) is 0 Å². The van der Waals surface area contributed by atoms with E-state index in [1.165, 1.54) is 35.4 Å². The predicted molar refractivity (Wildman–Crippen MR) is 188 cm³/mol. The lowest BCUT2D eigenvalue weighted by Gasteiger charge is -2.40. The highest BCUT2D eigenvalue weighted by atomic mass is 35.5. The van der Waals surface area contributed by atoms with Gasteiger partial charge in [0.05, 0.1) is 29.8 Å². The number of aliphatic hydroxyl groups is 2. The lowest BCUT2D eigenvalue weighted by atomic mass is 9.61. The van der Waals surface area contributed by atoms with E-state index < -0.39 is 53.2 Å². The Labute approximate surface area is 297 Å². The highest BCUT2D eigenvalue weighted by Gasteiger charge is 2.61. The summed E-state index contributed by atoms with van der Waals surface area (Å²) in [5.74, 6) is -2.95. The zero-order chi connectivity index (χ0) is 35.3. The molecule has 2 heterocycles. The quantitative estimate of drug-likeness (QED) is 0.159. The summed E-state index contributed by atoms with van der Waals surface area (Å²) in [5.41, 5.74) is 0.269. The van der Waals surface area contributed by atoms with E-state index >= 15 is 8.78 Å². The summed E-state index contributed by atoms with van der Waals surface area (Å²) in [4.78, 5) is 16.4. The molecule has 0 bridgehead atoms. The molecule has 0 saturated carbocycles. The largest absolute Gasteiger partial charge is 0.394 e. The maximum Gasteiger partial charge on any atom is 0.150 e. The van der Waals surface area contributed by atoms with Crippen molar-refractivity contribution < 1.29 is 23.8 Å². The molecule has 3 N–H and O–H groups in total. The number of nitrogens with zero attached hydrogens (tertiary/aromatic N) is 2.